The molecular formula is C21H26N4O2. The summed E-state index contributed by atoms with van der Waals surface area (Å²) in [5, 5.41) is 8.61. The highest BCUT2D eigenvalue weighted by Gasteiger charge is 2.23. The molecule has 3 amide bonds. The monoisotopic (exact) mass is 366 g/mol. The Bertz CT molecular complexity index is 815. The van der Waals surface area contributed by atoms with Crippen LogP contribution in [0.1, 0.15) is 34.3 Å². The minimum absolute atomic E-state index is 0.166. The molecular weight excluding hydrogens is 340 g/mol. The lowest BCUT2D eigenvalue weighted by Crippen LogP contribution is -2.30. The number of benzene rings is 2. The van der Waals surface area contributed by atoms with E-state index in [2.05, 4.69) is 26.9 Å². The van der Waals surface area contributed by atoms with Crippen LogP contribution in [-0.4, -0.2) is 37.0 Å². The predicted octanol–water partition coefficient (Wildman–Crippen LogP) is 2.96. The van der Waals surface area contributed by atoms with Crippen LogP contribution >= 0.6 is 0 Å². The van der Waals surface area contributed by atoms with E-state index in [9.17, 15) is 9.59 Å². The molecule has 3 N–H and O–H groups in total. The smallest absolute Gasteiger partial charge is 0.319 e. The Balaban J connectivity index is 1.59. The number of carbonyl (C=O) groups is 2. The molecule has 1 aliphatic carbocycles. The van der Waals surface area contributed by atoms with Crippen molar-refractivity contribution in [3.8, 4) is 0 Å². The second-order valence-electron chi connectivity index (χ2n) is 7.14. The highest BCUT2D eigenvalue weighted by atomic mass is 16.2. The van der Waals surface area contributed by atoms with Crippen LogP contribution in [0, 0.1) is 0 Å². The van der Waals surface area contributed by atoms with Crippen LogP contribution < -0.4 is 16.0 Å². The normalized spacial score (nSPS) is 13.3. The van der Waals surface area contributed by atoms with Gasteiger partial charge in [0.1, 0.15) is 0 Å². The fourth-order valence-corrected chi connectivity index (χ4v) is 2.82. The maximum atomic E-state index is 12.5. The molecule has 0 atom stereocenters. The van der Waals surface area contributed by atoms with Crippen molar-refractivity contribution in [1.29, 1.82) is 0 Å². The predicted molar refractivity (Wildman–Crippen MR) is 107 cm³/mol. The van der Waals surface area contributed by atoms with Crippen LogP contribution in [0.2, 0.25) is 0 Å². The third-order valence-electron chi connectivity index (χ3n) is 4.34. The highest BCUT2D eigenvalue weighted by molar-refractivity contribution is 5.96. The largest absolute Gasteiger partial charge is 0.348 e. The summed E-state index contributed by atoms with van der Waals surface area (Å²) in [6, 6.07) is 15.1. The van der Waals surface area contributed by atoms with E-state index >= 15 is 0 Å². The van der Waals surface area contributed by atoms with E-state index in [4.69, 9.17) is 0 Å². The minimum atomic E-state index is -0.229. The van der Waals surface area contributed by atoms with Gasteiger partial charge in [-0.25, -0.2) is 4.79 Å². The zero-order valence-corrected chi connectivity index (χ0v) is 15.8. The van der Waals surface area contributed by atoms with Gasteiger partial charge in [0.2, 0.25) is 0 Å². The quantitative estimate of drug-likeness (QED) is 0.705. The molecule has 6 nitrogen and oxygen atoms in total. The summed E-state index contributed by atoms with van der Waals surface area (Å²) in [7, 11) is 4.04. The van der Waals surface area contributed by atoms with Crippen molar-refractivity contribution in [2.24, 2.45) is 0 Å². The van der Waals surface area contributed by atoms with E-state index in [-0.39, 0.29) is 11.9 Å². The topological polar surface area (TPSA) is 73.5 Å². The van der Waals surface area contributed by atoms with Gasteiger partial charge in [-0.05, 0) is 56.3 Å². The molecule has 0 radical (unpaired) electrons. The van der Waals surface area contributed by atoms with Gasteiger partial charge in [0, 0.05) is 30.4 Å². The first-order chi connectivity index (χ1) is 13.0. The molecule has 1 fully saturated rings. The van der Waals surface area contributed by atoms with Crippen molar-refractivity contribution in [3.63, 3.8) is 0 Å². The molecule has 3 rings (SSSR count). The third-order valence-corrected chi connectivity index (χ3v) is 4.34. The van der Waals surface area contributed by atoms with Crippen molar-refractivity contribution in [2.75, 3.05) is 19.4 Å². The van der Waals surface area contributed by atoms with Crippen molar-refractivity contribution in [3.05, 3.63) is 65.2 Å². The molecule has 0 heterocycles. The first kappa shape index (κ1) is 18.9. The molecule has 0 spiro atoms. The van der Waals surface area contributed by atoms with E-state index in [1.165, 1.54) is 5.56 Å². The molecule has 27 heavy (non-hydrogen) atoms. The molecule has 0 aromatic heterocycles. The number of nitrogens with zero attached hydrogens (tertiary/aromatic N) is 1. The van der Waals surface area contributed by atoms with Gasteiger partial charge in [0.15, 0.2) is 0 Å². The molecule has 0 aliphatic heterocycles. The minimum Gasteiger partial charge on any atom is -0.348 e. The van der Waals surface area contributed by atoms with Crippen LogP contribution in [0.3, 0.4) is 0 Å². The summed E-state index contributed by atoms with van der Waals surface area (Å²) in [5.41, 5.74) is 3.41. The average molecular weight is 366 g/mol. The Labute approximate surface area is 159 Å². The molecule has 0 bridgehead atoms. The fourth-order valence-electron chi connectivity index (χ4n) is 2.82. The molecule has 6 heteroatoms. The Morgan fingerprint density at radius 1 is 1.04 bits per heavy atom. The summed E-state index contributed by atoms with van der Waals surface area (Å²) in [5.74, 6) is -0.166. The van der Waals surface area contributed by atoms with Gasteiger partial charge in [0.05, 0.1) is 0 Å². The lowest BCUT2D eigenvalue weighted by molar-refractivity contribution is 0.0950. The lowest BCUT2D eigenvalue weighted by Gasteiger charge is -2.15. The molecule has 2 aromatic carbocycles. The second-order valence-corrected chi connectivity index (χ2v) is 7.14. The second kappa shape index (κ2) is 8.68. The molecule has 142 valence electrons. The Morgan fingerprint density at radius 3 is 2.48 bits per heavy atom. The van der Waals surface area contributed by atoms with Gasteiger partial charge in [-0.1, -0.05) is 30.3 Å². The van der Waals surface area contributed by atoms with E-state index < -0.39 is 0 Å². The molecule has 1 aliphatic rings. The van der Waals surface area contributed by atoms with Gasteiger partial charge in [-0.3, -0.25) is 4.79 Å². The Kier molecular flexibility index (Phi) is 6.08. The first-order valence-corrected chi connectivity index (χ1v) is 9.18. The fraction of sp³-hybridized carbons (Fsp3) is 0.333. The van der Waals surface area contributed by atoms with Crippen LogP contribution in [0.15, 0.2) is 48.5 Å². The van der Waals surface area contributed by atoms with Crippen molar-refractivity contribution >= 4 is 17.6 Å². The van der Waals surface area contributed by atoms with Gasteiger partial charge < -0.3 is 20.9 Å². The third kappa shape index (κ3) is 5.82. The van der Waals surface area contributed by atoms with Crippen LogP contribution in [0.4, 0.5) is 10.5 Å². The van der Waals surface area contributed by atoms with E-state index in [1.807, 2.05) is 32.3 Å². The zero-order chi connectivity index (χ0) is 19.2. The number of urea groups is 1. The summed E-state index contributed by atoms with van der Waals surface area (Å²) < 4.78 is 0. The molecule has 0 unspecified atom stereocenters. The first-order valence-electron chi connectivity index (χ1n) is 9.18. The summed E-state index contributed by atoms with van der Waals surface area (Å²) in [6.07, 6.45) is 2.07. The van der Waals surface area contributed by atoms with E-state index in [1.54, 1.807) is 24.3 Å². The Morgan fingerprint density at radius 2 is 1.78 bits per heavy atom. The van der Waals surface area contributed by atoms with Crippen molar-refractivity contribution in [1.82, 2.24) is 15.5 Å². The maximum absolute atomic E-state index is 12.5. The van der Waals surface area contributed by atoms with Gasteiger partial charge in [0.25, 0.3) is 5.91 Å². The highest BCUT2D eigenvalue weighted by Crippen LogP contribution is 2.19. The van der Waals surface area contributed by atoms with E-state index in [0.29, 0.717) is 23.8 Å². The number of anilines is 1. The number of hydrogen-bond donors (Lipinski definition) is 3. The van der Waals surface area contributed by atoms with Crippen LogP contribution in [0.5, 0.6) is 0 Å². The van der Waals surface area contributed by atoms with Gasteiger partial charge in [-0.15, -0.1) is 0 Å². The summed E-state index contributed by atoms with van der Waals surface area (Å²) in [6.45, 7) is 1.28. The van der Waals surface area contributed by atoms with Crippen LogP contribution in [-0.2, 0) is 13.1 Å². The van der Waals surface area contributed by atoms with E-state index in [0.717, 1.165) is 24.9 Å². The number of amides is 3. The summed E-state index contributed by atoms with van der Waals surface area (Å²) >= 11 is 0. The standard InChI is InChI=1S/C21H26N4O2/c1-25(2)14-17-7-4-3-6-16(17)13-22-20(26)15-8-5-9-19(12-15)24-21(27)23-18-10-11-18/h3-9,12,18H,10-11,13-14H2,1-2H3,(H,22,26)(H2,23,24,27). The Hall–Kier alpha value is -2.86. The molecule has 2 aromatic rings. The number of hydrogen-bond acceptors (Lipinski definition) is 3. The SMILES string of the molecule is CN(C)Cc1ccccc1CNC(=O)c1cccc(NC(=O)NC2CC2)c1. The molecule has 1 saturated carbocycles. The van der Waals surface area contributed by atoms with Gasteiger partial charge >= 0.3 is 6.03 Å². The zero-order valence-electron chi connectivity index (χ0n) is 15.8. The number of nitrogens with one attached hydrogen (secondary N) is 3. The average Bonchev–Trinajstić information content (AvgIpc) is 3.44. The van der Waals surface area contributed by atoms with Crippen molar-refractivity contribution < 1.29 is 9.59 Å². The van der Waals surface area contributed by atoms with Crippen LogP contribution in [0.25, 0.3) is 0 Å². The maximum Gasteiger partial charge on any atom is 0.319 e. The van der Waals surface area contributed by atoms with Gasteiger partial charge in [-0.2, -0.15) is 0 Å². The number of rotatable bonds is 7. The molecule has 0 saturated heterocycles. The summed E-state index contributed by atoms with van der Waals surface area (Å²) in [4.78, 5) is 26.5. The number of carbonyl (C=O) groups excluding carboxylic acids is 2. The lowest BCUT2D eigenvalue weighted by atomic mass is 10.1. The van der Waals surface area contributed by atoms with Crippen molar-refractivity contribution in [2.45, 2.75) is 32.0 Å².